The van der Waals surface area contributed by atoms with Crippen molar-refractivity contribution >= 4 is 0 Å². The third-order valence-corrected chi connectivity index (χ3v) is 1.79. The first kappa shape index (κ1) is 11.8. The van der Waals surface area contributed by atoms with Crippen LogP contribution >= 0.6 is 0 Å². The molecule has 0 aromatic heterocycles. The van der Waals surface area contributed by atoms with Gasteiger partial charge in [0.05, 0.1) is 6.17 Å². The van der Waals surface area contributed by atoms with Gasteiger partial charge in [-0.3, -0.25) is 4.90 Å². The van der Waals surface area contributed by atoms with E-state index >= 15 is 0 Å². The summed E-state index contributed by atoms with van der Waals surface area (Å²) in [7, 11) is 3.99. The van der Waals surface area contributed by atoms with Crippen molar-refractivity contribution in [3.05, 3.63) is 0 Å². The molecule has 4 nitrogen and oxygen atoms in total. The molecule has 1 unspecified atom stereocenters. The topological polar surface area (TPSA) is 55.7 Å². The van der Waals surface area contributed by atoms with E-state index in [0.29, 0.717) is 19.1 Å². The number of rotatable bonds is 6. The van der Waals surface area contributed by atoms with Crippen molar-refractivity contribution in [3.8, 4) is 0 Å². The molecule has 12 heavy (non-hydrogen) atoms. The molecule has 0 heterocycles. The van der Waals surface area contributed by atoms with Crippen LogP contribution in [-0.4, -0.2) is 48.2 Å². The van der Waals surface area contributed by atoms with E-state index in [1.54, 1.807) is 0 Å². The SMILES string of the molecule is CCC(NCCC(O)O)N(C)C. The van der Waals surface area contributed by atoms with Crippen LogP contribution in [0, 0.1) is 0 Å². The Morgan fingerprint density at radius 2 is 1.92 bits per heavy atom. The number of hydrogen-bond acceptors (Lipinski definition) is 4. The molecule has 0 saturated carbocycles. The fraction of sp³-hybridized carbons (Fsp3) is 1.00. The standard InChI is InChI=1S/C8H20N2O2/c1-4-7(10(2)3)9-6-5-8(11)12/h7-9,11-12H,4-6H2,1-3H3. The Kier molecular flexibility index (Phi) is 6.28. The lowest BCUT2D eigenvalue weighted by molar-refractivity contribution is -0.0454. The van der Waals surface area contributed by atoms with E-state index in [9.17, 15) is 0 Å². The molecule has 4 heteroatoms. The minimum absolute atomic E-state index is 0.323. The molecule has 0 aliphatic heterocycles. The van der Waals surface area contributed by atoms with Gasteiger partial charge in [-0.05, 0) is 20.5 Å². The third-order valence-electron chi connectivity index (χ3n) is 1.79. The largest absolute Gasteiger partial charge is 0.368 e. The number of nitrogens with zero attached hydrogens (tertiary/aromatic N) is 1. The van der Waals surface area contributed by atoms with Gasteiger partial charge in [-0.15, -0.1) is 0 Å². The van der Waals surface area contributed by atoms with E-state index in [1.165, 1.54) is 0 Å². The smallest absolute Gasteiger partial charge is 0.152 e. The van der Waals surface area contributed by atoms with E-state index in [4.69, 9.17) is 10.2 Å². The van der Waals surface area contributed by atoms with Crippen molar-refractivity contribution < 1.29 is 10.2 Å². The lowest BCUT2D eigenvalue weighted by atomic mass is 10.3. The average molecular weight is 176 g/mol. The molecule has 74 valence electrons. The Morgan fingerprint density at radius 1 is 1.33 bits per heavy atom. The quantitative estimate of drug-likeness (QED) is 0.481. The van der Waals surface area contributed by atoms with Crippen LogP contribution in [0.3, 0.4) is 0 Å². The molecule has 0 spiro atoms. The van der Waals surface area contributed by atoms with E-state index in [-0.39, 0.29) is 0 Å². The van der Waals surface area contributed by atoms with Gasteiger partial charge >= 0.3 is 0 Å². The van der Waals surface area contributed by atoms with Crippen LogP contribution in [0.5, 0.6) is 0 Å². The summed E-state index contributed by atoms with van der Waals surface area (Å²) in [5, 5.41) is 20.4. The first-order chi connectivity index (χ1) is 5.57. The second kappa shape index (κ2) is 6.37. The number of aliphatic hydroxyl groups is 2. The van der Waals surface area contributed by atoms with Gasteiger partial charge in [-0.2, -0.15) is 0 Å². The minimum Gasteiger partial charge on any atom is -0.368 e. The van der Waals surface area contributed by atoms with Crippen LogP contribution in [-0.2, 0) is 0 Å². The van der Waals surface area contributed by atoms with Crippen molar-refractivity contribution in [2.45, 2.75) is 32.2 Å². The van der Waals surface area contributed by atoms with Crippen LogP contribution in [0.1, 0.15) is 19.8 Å². The highest BCUT2D eigenvalue weighted by atomic mass is 16.5. The fourth-order valence-electron chi connectivity index (χ4n) is 1.07. The van der Waals surface area contributed by atoms with E-state index in [2.05, 4.69) is 17.1 Å². The summed E-state index contributed by atoms with van der Waals surface area (Å²) < 4.78 is 0. The maximum Gasteiger partial charge on any atom is 0.152 e. The number of aliphatic hydroxyl groups excluding tert-OH is 1. The summed E-state index contributed by atoms with van der Waals surface area (Å²) in [5.41, 5.74) is 0. The first-order valence-electron chi connectivity index (χ1n) is 4.33. The molecule has 0 saturated heterocycles. The lowest BCUT2D eigenvalue weighted by Gasteiger charge is -2.24. The molecule has 0 aromatic rings. The molecule has 0 aromatic carbocycles. The normalized spacial score (nSPS) is 14.2. The van der Waals surface area contributed by atoms with Gasteiger partial charge in [0, 0.05) is 13.0 Å². The Hall–Kier alpha value is -0.160. The fourth-order valence-corrected chi connectivity index (χ4v) is 1.07. The zero-order chi connectivity index (χ0) is 9.56. The zero-order valence-corrected chi connectivity index (χ0v) is 8.12. The molecule has 0 fully saturated rings. The highest BCUT2D eigenvalue weighted by molar-refractivity contribution is 4.61. The highest BCUT2D eigenvalue weighted by Gasteiger charge is 2.07. The maximum absolute atomic E-state index is 8.58. The van der Waals surface area contributed by atoms with Crippen LogP contribution < -0.4 is 5.32 Å². The van der Waals surface area contributed by atoms with Crippen molar-refractivity contribution in [2.24, 2.45) is 0 Å². The first-order valence-corrected chi connectivity index (χ1v) is 4.33. The van der Waals surface area contributed by atoms with Gasteiger partial charge in [0.1, 0.15) is 0 Å². The van der Waals surface area contributed by atoms with Crippen LogP contribution in [0.15, 0.2) is 0 Å². The molecule has 0 aliphatic carbocycles. The van der Waals surface area contributed by atoms with Gasteiger partial charge < -0.3 is 15.5 Å². The molecule has 0 aliphatic rings. The second-order valence-corrected chi connectivity index (χ2v) is 3.11. The summed E-state index contributed by atoms with van der Waals surface area (Å²) in [6.45, 7) is 2.72. The van der Waals surface area contributed by atoms with E-state index in [0.717, 1.165) is 6.42 Å². The number of nitrogens with one attached hydrogen (secondary N) is 1. The lowest BCUT2D eigenvalue weighted by Crippen LogP contribution is -2.41. The molecule has 0 rings (SSSR count). The molecular formula is C8H20N2O2. The summed E-state index contributed by atoms with van der Waals surface area (Å²) >= 11 is 0. The molecule has 0 amide bonds. The van der Waals surface area contributed by atoms with Crippen molar-refractivity contribution in [3.63, 3.8) is 0 Å². The summed E-state index contributed by atoms with van der Waals surface area (Å²) in [6.07, 6.45) is 0.514. The second-order valence-electron chi connectivity index (χ2n) is 3.11. The van der Waals surface area contributed by atoms with Crippen LogP contribution in [0.4, 0.5) is 0 Å². The predicted octanol–water partition coefficient (Wildman–Crippen LogP) is -0.425. The minimum atomic E-state index is -1.20. The average Bonchev–Trinajstić information content (AvgIpc) is 1.96. The molecule has 1 atom stereocenters. The Balaban J connectivity index is 3.45. The summed E-state index contributed by atoms with van der Waals surface area (Å²) in [4.78, 5) is 2.07. The van der Waals surface area contributed by atoms with Gasteiger partial charge in [0.15, 0.2) is 6.29 Å². The highest BCUT2D eigenvalue weighted by Crippen LogP contribution is 1.94. The van der Waals surface area contributed by atoms with Crippen molar-refractivity contribution in [1.82, 2.24) is 10.2 Å². The van der Waals surface area contributed by atoms with Crippen molar-refractivity contribution in [1.29, 1.82) is 0 Å². The summed E-state index contributed by atoms with van der Waals surface area (Å²) in [6, 6.07) is 0. The molecule has 0 radical (unpaired) electrons. The molecule has 0 bridgehead atoms. The van der Waals surface area contributed by atoms with Gasteiger partial charge in [-0.25, -0.2) is 0 Å². The van der Waals surface area contributed by atoms with Gasteiger partial charge in [0.25, 0.3) is 0 Å². The number of hydrogen-bond donors (Lipinski definition) is 3. The molecule has 3 N–H and O–H groups in total. The third kappa shape index (κ3) is 5.49. The van der Waals surface area contributed by atoms with E-state index < -0.39 is 6.29 Å². The van der Waals surface area contributed by atoms with Crippen LogP contribution in [0.25, 0.3) is 0 Å². The van der Waals surface area contributed by atoms with Gasteiger partial charge in [-0.1, -0.05) is 6.92 Å². The summed E-state index contributed by atoms with van der Waals surface area (Å²) in [5.74, 6) is 0. The Labute approximate surface area is 74.2 Å². The van der Waals surface area contributed by atoms with Crippen LogP contribution in [0.2, 0.25) is 0 Å². The zero-order valence-electron chi connectivity index (χ0n) is 8.12. The maximum atomic E-state index is 8.58. The Bertz CT molecular complexity index is 107. The predicted molar refractivity (Wildman–Crippen MR) is 48.6 cm³/mol. The van der Waals surface area contributed by atoms with Gasteiger partial charge in [0.2, 0.25) is 0 Å². The molecular weight excluding hydrogens is 156 g/mol. The monoisotopic (exact) mass is 176 g/mol. The van der Waals surface area contributed by atoms with E-state index in [1.807, 2.05) is 14.1 Å². The Morgan fingerprint density at radius 3 is 2.25 bits per heavy atom. The van der Waals surface area contributed by atoms with Crippen molar-refractivity contribution in [2.75, 3.05) is 20.6 Å².